The maximum Gasteiger partial charge on any atom is 0.303 e. The number of carbonyl (C=O) groups excluding carboxylic acids is 2. The van der Waals surface area contributed by atoms with Crippen LogP contribution in [0.15, 0.2) is 18.2 Å². The van der Waals surface area contributed by atoms with Crippen LogP contribution in [0.3, 0.4) is 0 Å². The Kier molecular flexibility index (Phi) is 8.46. The standard InChI is InChI=1S/C17H23FN2O4/c1-12(21)20-15-11-13(8-9-14(15)18)17(24)19-10-6-4-2-3-5-7-16(22)23/h8-9,11H,2-7,10H2,1H3,(H,19,24)(H,20,21)(H,22,23). The summed E-state index contributed by atoms with van der Waals surface area (Å²) in [5.74, 6) is -2.11. The molecule has 0 saturated heterocycles. The Balaban J connectivity index is 2.30. The molecule has 1 aromatic carbocycles. The highest BCUT2D eigenvalue weighted by Crippen LogP contribution is 2.16. The number of anilines is 1. The zero-order valence-corrected chi connectivity index (χ0v) is 13.7. The van der Waals surface area contributed by atoms with Gasteiger partial charge in [-0.05, 0) is 31.0 Å². The summed E-state index contributed by atoms with van der Waals surface area (Å²) < 4.78 is 13.5. The third-order valence-corrected chi connectivity index (χ3v) is 3.39. The van der Waals surface area contributed by atoms with Gasteiger partial charge in [0.1, 0.15) is 5.82 Å². The number of carboxylic acid groups (broad SMARTS) is 1. The van der Waals surface area contributed by atoms with Gasteiger partial charge in [0.05, 0.1) is 5.69 Å². The molecule has 0 fully saturated rings. The summed E-state index contributed by atoms with van der Waals surface area (Å²) in [7, 11) is 0. The average Bonchev–Trinajstić information content (AvgIpc) is 2.51. The second-order valence-corrected chi connectivity index (χ2v) is 5.54. The van der Waals surface area contributed by atoms with Crippen molar-refractivity contribution < 1.29 is 23.9 Å². The molecule has 0 radical (unpaired) electrons. The van der Waals surface area contributed by atoms with Gasteiger partial charge >= 0.3 is 5.97 Å². The van der Waals surface area contributed by atoms with Crippen LogP contribution in [0.25, 0.3) is 0 Å². The molecule has 0 aromatic heterocycles. The highest BCUT2D eigenvalue weighted by molar-refractivity contribution is 5.96. The van der Waals surface area contributed by atoms with Gasteiger partial charge in [0.15, 0.2) is 0 Å². The summed E-state index contributed by atoms with van der Waals surface area (Å²) in [5, 5.41) is 13.6. The molecule has 132 valence electrons. The van der Waals surface area contributed by atoms with Crippen LogP contribution in [0.1, 0.15) is 55.8 Å². The maximum absolute atomic E-state index is 13.5. The SMILES string of the molecule is CC(=O)Nc1cc(C(=O)NCCCCCCCC(=O)O)ccc1F. The molecule has 0 aliphatic carbocycles. The Labute approximate surface area is 140 Å². The molecule has 3 N–H and O–H groups in total. The van der Waals surface area contributed by atoms with Crippen LogP contribution in [0.5, 0.6) is 0 Å². The van der Waals surface area contributed by atoms with Gasteiger partial charge in [-0.2, -0.15) is 0 Å². The first-order chi connectivity index (χ1) is 11.4. The zero-order valence-electron chi connectivity index (χ0n) is 13.7. The fourth-order valence-corrected chi connectivity index (χ4v) is 2.19. The van der Waals surface area contributed by atoms with Gasteiger partial charge in [-0.25, -0.2) is 4.39 Å². The van der Waals surface area contributed by atoms with E-state index >= 15 is 0 Å². The van der Waals surface area contributed by atoms with Gasteiger partial charge in [0.2, 0.25) is 5.91 Å². The maximum atomic E-state index is 13.5. The number of unbranched alkanes of at least 4 members (excludes halogenated alkanes) is 4. The average molecular weight is 338 g/mol. The normalized spacial score (nSPS) is 10.2. The van der Waals surface area contributed by atoms with E-state index in [-0.39, 0.29) is 23.6 Å². The number of carboxylic acids is 1. The van der Waals surface area contributed by atoms with Gasteiger partial charge in [-0.1, -0.05) is 19.3 Å². The summed E-state index contributed by atoms with van der Waals surface area (Å²) in [6, 6.07) is 3.81. The van der Waals surface area contributed by atoms with E-state index in [0.717, 1.165) is 31.7 Å². The number of benzene rings is 1. The third-order valence-electron chi connectivity index (χ3n) is 3.39. The fourth-order valence-electron chi connectivity index (χ4n) is 2.19. The monoisotopic (exact) mass is 338 g/mol. The number of amides is 2. The second-order valence-electron chi connectivity index (χ2n) is 5.54. The molecule has 1 rings (SSSR count). The van der Waals surface area contributed by atoms with Gasteiger partial charge < -0.3 is 15.7 Å². The first kappa shape index (κ1) is 19.6. The van der Waals surface area contributed by atoms with E-state index in [1.807, 2.05) is 0 Å². The van der Waals surface area contributed by atoms with Crippen molar-refractivity contribution in [3.8, 4) is 0 Å². The van der Waals surface area contributed by atoms with Crippen molar-refractivity contribution in [2.45, 2.75) is 45.4 Å². The number of rotatable bonds is 10. The Morgan fingerprint density at radius 3 is 2.42 bits per heavy atom. The van der Waals surface area contributed by atoms with Crippen molar-refractivity contribution in [3.05, 3.63) is 29.6 Å². The van der Waals surface area contributed by atoms with Gasteiger partial charge in [-0.3, -0.25) is 14.4 Å². The lowest BCUT2D eigenvalue weighted by atomic mass is 10.1. The first-order valence-electron chi connectivity index (χ1n) is 7.97. The molecule has 24 heavy (non-hydrogen) atoms. The number of hydrogen-bond acceptors (Lipinski definition) is 3. The highest BCUT2D eigenvalue weighted by Gasteiger charge is 2.10. The van der Waals surface area contributed by atoms with Crippen molar-refractivity contribution in [3.63, 3.8) is 0 Å². The molecule has 6 nitrogen and oxygen atoms in total. The van der Waals surface area contributed by atoms with E-state index < -0.39 is 17.7 Å². The minimum Gasteiger partial charge on any atom is -0.481 e. The van der Waals surface area contributed by atoms with Crippen LogP contribution in [-0.4, -0.2) is 29.4 Å². The number of aliphatic carboxylic acids is 1. The lowest BCUT2D eigenvalue weighted by Gasteiger charge is -2.08. The summed E-state index contributed by atoms with van der Waals surface area (Å²) in [4.78, 5) is 33.3. The topological polar surface area (TPSA) is 95.5 Å². The molecule has 0 saturated carbocycles. The quantitative estimate of drug-likeness (QED) is 0.572. The molecule has 1 aromatic rings. The number of halogens is 1. The summed E-state index contributed by atoms with van der Waals surface area (Å²) in [6.07, 6.45) is 4.34. The molecule has 0 spiro atoms. The number of hydrogen-bond donors (Lipinski definition) is 3. The Morgan fingerprint density at radius 1 is 1.08 bits per heavy atom. The van der Waals surface area contributed by atoms with Gasteiger partial charge in [-0.15, -0.1) is 0 Å². The van der Waals surface area contributed by atoms with Crippen molar-refractivity contribution in [1.82, 2.24) is 5.32 Å². The van der Waals surface area contributed by atoms with E-state index in [1.54, 1.807) is 0 Å². The molecule has 0 aliphatic rings. The van der Waals surface area contributed by atoms with E-state index in [1.165, 1.54) is 19.1 Å². The molecular formula is C17H23FN2O4. The summed E-state index contributed by atoms with van der Waals surface area (Å²) >= 11 is 0. The van der Waals surface area contributed by atoms with E-state index in [9.17, 15) is 18.8 Å². The third kappa shape index (κ3) is 7.71. The fraction of sp³-hybridized carbons (Fsp3) is 0.471. The smallest absolute Gasteiger partial charge is 0.303 e. The molecule has 0 atom stereocenters. The lowest BCUT2D eigenvalue weighted by molar-refractivity contribution is -0.137. The predicted octanol–water partition coefficient (Wildman–Crippen LogP) is 2.94. The van der Waals surface area contributed by atoms with Crippen molar-refractivity contribution in [2.24, 2.45) is 0 Å². The summed E-state index contributed by atoms with van der Waals surface area (Å²) in [5.41, 5.74) is 0.259. The van der Waals surface area contributed by atoms with Crippen LogP contribution in [0.2, 0.25) is 0 Å². The van der Waals surface area contributed by atoms with Gasteiger partial charge in [0.25, 0.3) is 5.91 Å². The predicted molar refractivity (Wildman–Crippen MR) is 88.4 cm³/mol. The van der Waals surface area contributed by atoms with Crippen molar-refractivity contribution in [1.29, 1.82) is 0 Å². The van der Waals surface area contributed by atoms with Crippen LogP contribution in [-0.2, 0) is 9.59 Å². The molecular weight excluding hydrogens is 315 g/mol. The largest absolute Gasteiger partial charge is 0.481 e. The highest BCUT2D eigenvalue weighted by atomic mass is 19.1. The zero-order chi connectivity index (χ0) is 17.9. The van der Waals surface area contributed by atoms with E-state index in [0.29, 0.717) is 13.0 Å². The Hall–Kier alpha value is -2.44. The Bertz CT molecular complexity index is 590. The molecule has 2 amide bonds. The summed E-state index contributed by atoms with van der Waals surface area (Å²) in [6.45, 7) is 1.76. The second kappa shape index (κ2) is 10.4. The molecule has 0 heterocycles. The molecule has 0 bridgehead atoms. The first-order valence-corrected chi connectivity index (χ1v) is 7.97. The molecule has 0 unspecified atom stereocenters. The van der Waals surface area contributed by atoms with Crippen LogP contribution < -0.4 is 10.6 Å². The van der Waals surface area contributed by atoms with Crippen molar-refractivity contribution in [2.75, 3.05) is 11.9 Å². The minimum atomic E-state index is -0.778. The molecule has 7 heteroatoms. The van der Waals surface area contributed by atoms with Crippen molar-refractivity contribution >= 4 is 23.5 Å². The number of carbonyl (C=O) groups is 3. The van der Waals surface area contributed by atoms with Crippen LogP contribution in [0.4, 0.5) is 10.1 Å². The van der Waals surface area contributed by atoms with E-state index in [4.69, 9.17) is 5.11 Å². The van der Waals surface area contributed by atoms with Crippen LogP contribution >= 0.6 is 0 Å². The lowest BCUT2D eigenvalue weighted by Crippen LogP contribution is -2.24. The van der Waals surface area contributed by atoms with E-state index in [2.05, 4.69) is 10.6 Å². The van der Waals surface area contributed by atoms with Gasteiger partial charge in [0, 0.05) is 25.5 Å². The number of nitrogens with one attached hydrogen (secondary N) is 2. The Morgan fingerprint density at radius 2 is 1.75 bits per heavy atom. The molecule has 0 aliphatic heterocycles. The van der Waals surface area contributed by atoms with Crippen LogP contribution in [0, 0.1) is 5.82 Å². The minimum absolute atomic E-state index is 0.0198.